The highest BCUT2D eigenvalue weighted by molar-refractivity contribution is 5.93. The monoisotopic (exact) mass is 279 g/mol. The zero-order chi connectivity index (χ0) is 14.7. The van der Waals surface area contributed by atoms with E-state index in [1.165, 1.54) is 0 Å². The lowest BCUT2D eigenvalue weighted by atomic mass is 10.1. The summed E-state index contributed by atoms with van der Waals surface area (Å²) < 4.78 is 5.79. The molecule has 0 spiro atoms. The van der Waals surface area contributed by atoms with Crippen molar-refractivity contribution in [1.29, 1.82) is 0 Å². The van der Waals surface area contributed by atoms with Crippen LogP contribution in [0.1, 0.15) is 10.4 Å². The predicted molar refractivity (Wildman–Crippen MR) is 79.1 cm³/mol. The van der Waals surface area contributed by atoms with Crippen LogP contribution in [-0.2, 0) is 0 Å². The van der Waals surface area contributed by atoms with Crippen LogP contribution < -0.4 is 10.5 Å². The lowest BCUT2D eigenvalue weighted by Crippen LogP contribution is -2.10. The zero-order valence-corrected chi connectivity index (χ0v) is 11.1. The van der Waals surface area contributed by atoms with Crippen molar-refractivity contribution in [2.75, 3.05) is 0 Å². The second-order valence-electron chi connectivity index (χ2n) is 4.47. The van der Waals surface area contributed by atoms with E-state index >= 15 is 0 Å². The molecular weight excluding hydrogens is 266 g/mol. The molecule has 3 aromatic rings. The second-order valence-corrected chi connectivity index (χ2v) is 4.47. The third-order valence-corrected chi connectivity index (χ3v) is 3.01. The van der Waals surface area contributed by atoms with Crippen LogP contribution in [0.3, 0.4) is 0 Å². The number of hydrogen-bond donors (Lipinski definition) is 2. The van der Waals surface area contributed by atoms with E-state index in [2.05, 4.69) is 10.2 Å². The number of aromatic nitrogens is 2. The van der Waals surface area contributed by atoms with Crippen LogP contribution in [-0.4, -0.2) is 16.1 Å². The summed E-state index contributed by atoms with van der Waals surface area (Å²) in [4.78, 5) is 11.2. The summed E-state index contributed by atoms with van der Waals surface area (Å²) >= 11 is 0. The summed E-state index contributed by atoms with van der Waals surface area (Å²) in [6.45, 7) is 0. The number of nitrogens with two attached hydrogens (primary N) is 1. The standard InChI is InChI=1S/C16H13N3O2/c17-16(20)12-7-4-8-13(9-12)21-14-10-18-19-15(14)11-5-2-1-3-6-11/h1-10H,(H2,17,20)(H,18,19). The van der Waals surface area contributed by atoms with Gasteiger partial charge >= 0.3 is 0 Å². The molecule has 5 nitrogen and oxygen atoms in total. The van der Waals surface area contributed by atoms with Crippen molar-refractivity contribution >= 4 is 5.91 Å². The number of carbonyl (C=O) groups excluding carboxylic acids is 1. The van der Waals surface area contributed by atoms with Gasteiger partial charge in [0, 0.05) is 11.1 Å². The number of primary amides is 1. The SMILES string of the molecule is NC(=O)c1cccc(Oc2cn[nH]c2-c2ccccc2)c1. The maximum atomic E-state index is 11.2. The maximum absolute atomic E-state index is 11.2. The van der Waals surface area contributed by atoms with Crippen LogP contribution in [0.15, 0.2) is 60.8 Å². The number of H-pyrrole nitrogens is 1. The minimum Gasteiger partial charge on any atom is -0.453 e. The minimum atomic E-state index is -0.490. The van der Waals surface area contributed by atoms with Crippen molar-refractivity contribution < 1.29 is 9.53 Å². The van der Waals surface area contributed by atoms with Crippen molar-refractivity contribution in [2.24, 2.45) is 5.73 Å². The van der Waals surface area contributed by atoms with Gasteiger partial charge in [0.1, 0.15) is 11.4 Å². The highest BCUT2D eigenvalue weighted by Gasteiger charge is 2.10. The number of rotatable bonds is 4. The molecule has 3 N–H and O–H groups in total. The van der Waals surface area contributed by atoms with Crippen LogP contribution in [0, 0.1) is 0 Å². The molecule has 0 aliphatic heterocycles. The number of nitrogens with one attached hydrogen (secondary N) is 1. The number of benzene rings is 2. The van der Waals surface area contributed by atoms with E-state index in [9.17, 15) is 4.79 Å². The van der Waals surface area contributed by atoms with E-state index in [-0.39, 0.29) is 0 Å². The van der Waals surface area contributed by atoms with Crippen molar-refractivity contribution in [3.8, 4) is 22.8 Å². The molecule has 104 valence electrons. The van der Waals surface area contributed by atoms with Gasteiger partial charge in [0.05, 0.1) is 6.20 Å². The lowest BCUT2D eigenvalue weighted by molar-refractivity contribution is 0.1000. The summed E-state index contributed by atoms with van der Waals surface area (Å²) in [6, 6.07) is 16.5. The third kappa shape index (κ3) is 2.76. The Labute approximate surface area is 121 Å². The highest BCUT2D eigenvalue weighted by atomic mass is 16.5. The summed E-state index contributed by atoms with van der Waals surface area (Å²) in [5.74, 6) is 0.628. The molecule has 0 saturated heterocycles. The summed E-state index contributed by atoms with van der Waals surface area (Å²) in [7, 11) is 0. The maximum Gasteiger partial charge on any atom is 0.248 e. The van der Waals surface area contributed by atoms with Gasteiger partial charge in [-0.25, -0.2) is 0 Å². The molecule has 1 heterocycles. The van der Waals surface area contributed by atoms with Gasteiger partial charge in [-0.15, -0.1) is 0 Å². The van der Waals surface area contributed by atoms with Gasteiger partial charge in [-0.05, 0) is 18.2 Å². The summed E-state index contributed by atoms with van der Waals surface area (Å²) in [5.41, 5.74) is 7.41. The molecule has 0 unspecified atom stereocenters. The van der Waals surface area contributed by atoms with Crippen LogP contribution in [0.2, 0.25) is 0 Å². The third-order valence-electron chi connectivity index (χ3n) is 3.01. The van der Waals surface area contributed by atoms with Gasteiger partial charge in [-0.2, -0.15) is 5.10 Å². The average Bonchev–Trinajstić information content (AvgIpc) is 2.96. The summed E-state index contributed by atoms with van der Waals surface area (Å²) in [6.07, 6.45) is 1.60. The van der Waals surface area contributed by atoms with Gasteiger partial charge in [-0.1, -0.05) is 36.4 Å². The molecule has 0 fully saturated rings. The van der Waals surface area contributed by atoms with Crippen LogP contribution >= 0.6 is 0 Å². The van der Waals surface area contributed by atoms with Crippen molar-refractivity contribution in [3.63, 3.8) is 0 Å². The van der Waals surface area contributed by atoms with Crippen LogP contribution in [0.25, 0.3) is 11.3 Å². The van der Waals surface area contributed by atoms with Crippen molar-refractivity contribution in [2.45, 2.75) is 0 Å². The number of aromatic amines is 1. The number of carbonyl (C=O) groups is 1. The molecule has 0 bridgehead atoms. The molecule has 21 heavy (non-hydrogen) atoms. The smallest absolute Gasteiger partial charge is 0.248 e. The van der Waals surface area contributed by atoms with E-state index in [0.29, 0.717) is 17.1 Å². The van der Waals surface area contributed by atoms with Gasteiger partial charge < -0.3 is 10.5 Å². The Morgan fingerprint density at radius 3 is 2.67 bits per heavy atom. The molecule has 0 atom stereocenters. The number of hydrogen-bond acceptors (Lipinski definition) is 3. The number of nitrogens with zero attached hydrogens (tertiary/aromatic N) is 1. The van der Waals surface area contributed by atoms with Crippen molar-refractivity contribution in [1.82, 2.24) is 10.2 Å². The first kappa shape index (κ1) is 12.9. The molecule has 5 heteroatoms. The fourth-order valence-corrected chi connectivity index (χ4v) is 2.00. The first-order valence-corrected chi connectivity index (χ1v) is 6.40. The molecule has 0 aliphatic rings. The minimum absolute atomic E-state index is 0.400. The van der Waals surface area contributed by atoms with Crippen molar-refractivity contribution in [3.05, 3.63) is 66.4 Å². The Balaban J connectivity index is 1.92. The largest absolute Gasteiger partial charge is 0.453 e. The fourth-order valence-electron chi connectivity index (χ4n) is 2.00. The van der Waals surface area contributed by atoms with Gasteiger partial charge in [-0.3, -0.25) is 9.89 Å². The molecule has 0 radical (unpaired) electrons. The molecule has 1 aromatic heterocycles. The molecule has 0 aliphatic carbocycles. The predicted octanol–water partition coefficient (Wildman–Crippen LogP) is 2.97. The lowest BCUT2D eigenvalue weighted by Gasteiger charge is -2.07. The normalized spacial score (nSPS) is 10.3. The molecule has 1 amide bonds. The first-order chi connectivity index (χ1) is 10.2. The second kappa shape index (κ2) is 5.50. The van der Waals surface area contributed by atoms with Crippen LogP contribution in [0.4, 0.5) is 0 Å². The molecule has 3 rings (SSSR count). The van der Waals surface area contributed by atoms with E-state index in [1.54, 1.807) is 30.5 Å². The topological polar surface area (TPSA) is 81.0 Å². The Bertz CT molecular complexity index is 766. The quantitative estimate of drug-likeness (QED) is 0.770. The Hall–Kier alpha value is -3.08. The fraction of sp³-hybridized carbons (Fsp3) is 0. The van der Waals surface area contributed by atoms with Gasteiger partial charge in [0.2, 0.25) is 5.91 Å². The Morgan fingerprint density at radius 2 is 1.90 bits per heavy atom. The molecule has 0 saturated carbocycles. The van der Waals surface area contributed by atoms with Crippen LogP contribution in [0.5, 0.6) is 11.5 Å². The molecular formula is C16H13N3O2. The van der Waals surface area contributed by atoms with Gasteiger partial charge in [0.15, 0.2) is 5.75 Å². The number of ether oxygens (including phenoxy) is 1. The van der Waals surface area contributed by atoms with E-state index in [4.69, 9.17) is 10.5 Å². The number of amides is 1. The average molecular weight is 279 g/mol. The van der Waals surface area contributed by atoms with E-state index < -0.39 is 5.91 Å². The van der Waals surface area contributed by atoms with E-state index in [1.807, 2.05) is 30.3 Å². The Morgan fingerprint density at radius 1 is 1.10 bits per heavy atom. The zero-order valence-electron chi connectivity index (χ0n) is 11.1. The Kier molecular flexibility index (Phi) is 3.39. The summed E-state index contributed by atoms with van der Waals surface area (Å²) in [5, 5.41) is 6.92. The highest BCUT2D eigenvalue weighted by Crippen LogP contribution is 2.31. The first-order valence-electron chi connectivity index (χ1n) is 6.40. The van der Waals surface area contributed by atoms with Gasteiger partial charge in [0.25, 0.3) is 0 Å². The molecule has 2 aromatic carbocycles. The van der Waals surface area contributed by atoms with E-state index in [0.717, 1.165) is 11.3 Å².